The first-order valence-corrected chi connectivity index (χ1v) is 5.82. The number of nitrogen functional groups attached to an aromatic ring is 1. The van der Waals surface area contributed by atoms with Crippen LogP contribution in [0.3, 0.4) is 0 Å². The van der Waals surface area contributed by atoms with E-state index in [1.165, 1.54) is 6.33 Å². The highest BCUT2D eigenvalue weighted by Crippen LogP contribution is 2.27. The summed E-state index contributed by atoms with van der Waals surface area (Å²) in [7, 11) is 0. The van der Waals surface area contributed by atoms with Crippen molar-refractivity contribution >= 4 is 28.8 Å². The molecule has 0 radical (unpaired) electrons. The summed E-state index contributed by atoms with van der Waals surface area (Å²) in [6.07, 6.45) is 1.90. The molecule has 0 aliphatic carbocycles. The highest BCUT2D eigenvalue weighted by Gasteiger charge is 2.08. The molecule has 1 heterocycles. The maximum atomic E-state index is 9.01. The second-order valence-electron chi connectivity index (χ2n) is 3.68. The molecular formula is C12H13ClN4O. The van der Waals surface area contributed by atoms with Gasteiger partial charge in [-0.05, 0) is 18.1 Å². The van der Waals surface area contributed by atoms with Crippen molar-refractivity contribution in [2.45, 2.75) is 6.42 Å². The van der Waals surface area contributed by atoms with E-state index in [0.29, 0.717) is 17.9 Å². The van der Waals surface area contributed by atoms with E-state index in [4.69, 9.17) is 22.4 Å². The molecule has 2 aromatic rings. The molecule has 0 unspecified atom stereocenters. The third-order valence-electron chi connectivity index (χ3n) is 2.49. The number of para-hydroxylation sites is 1. The molecule has 0 aliphatic rings. The molecular weight excluding hydrogens is 252 g/mol. The third-order valence-corrected chi connectivity index (χ3v) is 2.79. The molecule has 4 N–H and O–H groups in total. The minimum Gasteiger partial charge on any atom is -0.396 e. The Morgan fingerprint density at radius 1 is 1.28 bits per heavy atom. The van der Waals surface area contributed by atoms with Crippen molar-refractivity contribution in [1.82, 2.24) is 9.97 Å². The third kappa shape index (κ3) is 2.69. The number of benzene rings is 1. The lowest BCUT2D eigenvalue weighted by molar-refractivity contribution is 0.300. The number of nitrogens with one attached hydrogen (secondary N) is 1. The van der Waals surface area contributed by atoms with E-state index in [2.05, 4.69) is 15.3 Å². The topological polar surface area (TPSA) is 84.1 Å². The van der Waals surface area contributed by atoms with Crippen LogP contribution in [0.1, 0.15) is 5.56 Å². The van der Waals surface area contributed by atoms with E-state index >= 15 is 0 Å². The van der Waals surface area contributed by atoms with Crippen LogP contribution in [0.5, 0.6) is 0 Å². The fraction of sp³-hybridized carbons (Fsp3) is 0.167. The number of nitrogens with zero attached hydrogens (tertiary/aromatic N) is 2. The standard InChI is InChI=1S/C12H13ClN4O/c13-11-10(14)12(16-7-15-11)17-9-4-2-1-3-8(9)5-6-18/h1-4,7,18H,5-6,14H2,(H,15,16,17). The van der Waals surface area contributed by atoms with Gasteiger partial charge in [-0.1, -0.05) is 29.8 Å². The molecule has 0 amide bonds. The number of aliphatic hydroxyl groups excluding tert-OH is 1. The SMILES string of the molecule is Nc1c(Cl)ncnc1Nc1ccccc1CCO. The van der Waals surface area contributed by atoms with Gasteiger partial charge in [-0.15, -0.1) is 0 Å². The number of aromatic nitrogens is 2. The summed E-state index contributed by atoms with van der Waals surface area (Å²) in [6.45, 7) is 0.0820. The quantitative estimate of drug-likeness (QED) is 0.736. The Balaban J connectivity index is 2.31. The Bertz CT molecular complexity index is 547. The average molecular weight is 265 g/mol. The van der Waals surface area contributed by atoms with Crippen LogP contribution in [0.25, 0.3) is 0 Å². The number of hydrogen-bond acceptors (Lipinski definition) is 5. The van der Waals surface area contributed by atoms with Crippen molar-refractivity contribution in [3.8, 4) is 0 Å². The van der Waals surface area contributed by atoms with E-state index in [-0.39, 0.29) is 11.8 Å². The Kier molecular flexibility index (Phi) is 3.96. The Hall–Kier alpha value is -1.85. The van der Waals surface area contributed by atoms with Crippen LogP contribution in [-0.4, -0.2) is 21.7 Å². The molecule has 0 bridgehead atoms. The minimum atomic E-state index is 0.0820. The van der Waals surface area contributed by atoms with Gasteiger partial charge in [-0.2, -0.15) is 0 Å². The lowest BCUT2D eigenvalue weighted by Gasteiger charge is -2.12. The average Bonchev–Trinajstić information content (AvgIpc) is 2.37. The molecule has 6 heteroatoms. The van der Waals surface area contributed by atoms with E-state index in [1.54, 1.807) is 0 Å². The zero-order valence-corrected chi connectivity index (χ0v) is 10.4. The highest BCUT2D eigenvalue weighted by molar-refractivity contribution is 6.32. The van der Waals surface area contributed by atoms with Gasteiger partial charge in [0.2, 0.25) is 0 Å². The van der Waals surface area contributed by atoms with Gasteiger partial charge < -0.3 is 16.2 Å². The number of nitrogens with two attached hydrogens (primary N) is 1. The van der Waals surface area contributed by atoms with Crippen molar-refractivity contribution in [2.75, 3.05) is 17.7 Å². The first-order valence-electron chi connectivity index (χ1n) is 5.44. The molecule has 18 heavy (non-hydrogen) atoms. The van der Waals surface area contributed by atoms with Crippen LogP contribution in [0.4, 0.5) is 17.2 Å². The summed E-state index contributed by atoms with van der Waals surface area (Å²) in [5.41, 5.74) is 7.91. The summed E-state index contributed by atoms with van der Waals surface area (Å²) in [5, 5.41) is 12.3. The van der Waals surface area contributed by atoms with Gasteiger partial charge >= 0.3 is 0 Å². The Morgan fingerprint density at radius 2 is 2.06 bits per heavy atom. The van der Waals surface area contributed by atoms with Crippen LogP contribution in [0.2, 0.25) is 5.15 Å². The molecule has 0 fully saturated rings. The van der Waals surface area contributed by atoms with Crippen molar-refractivity contribution in [2.24, 2.45) is 0 Å². The monoisotopic (exact) mass is 264 g/mol. The van der Waals surface area contributed by atoms with Crippen LogP contribution in [-0.2, 0) is 6.42 Å². The number of rotatable bonds is 4. The van der Waals surface area contributed by atoms with Crippen molar-refractivity contribution < 1.29 is 5.11 Å². The van der Waals surface area contributed by atoms with E-state index in [9.17, 15) is 0 Å². The highest BCUT2D eigenvalue weighted by atomic mass is 35.5. The van der Waals surface area contributed by atoms with Crippen LogP contribution >= 0.6 is 11.6 Å². The van der Waals surface area contributed by atoms with Crippen LogP contribution in [0.15, 0.2) is 30.6 Å². The van der Waals surface area contributed by atoms with Gasteiger partial charge in [0, 0.05) is 12.3 Å². The maximum absolute atomic E-state index is 9.01. The number of hydrogen-bond donors (Lipinski definition) is 3. The lowest BCUT2D eigenvalue weighted by atomic mass is 10.1. The predicted molar refractivity (Wildman–Crippen MR) is 72.0 cm³/mol. The van der Waals surface area contributed by atoms with Gasteiger partial charge in [0.15, 0.2) is 11.0 Å². The first-order chi connectivity index (χ1) is 8.72. The Labute approximate surface area is 110 Å². The summed E-state index contributed by atoms with van der Waals surface area (Å²) in [4.78, 5) is 7.83. The van der Waals surface area contributed by atoms with Gasteiger partial charge in [0.25, 0.3) is 0 Å². The van der Waals surface area contributed by atoms with Crippen molar-refractivity contribution in [3.05, 3.63) is 41.3 Å². The summed E-state index contributed by atoms with van der Waals surface area (Å²) in [6, 6.07) is 7.62. The normalized spacial score (nSPS) is 10.3. The second-order valence-corrected chi connectivity index (χ2v) is 4.04. The zero-order chi connectivity index (χ0) is 13.0. The number of halogens is 1. The largest absolute Gasteiger partial charge is 0.396 e. The van der Waals surface area contributed by atoms with Gasteiger partial charge in [0.1, 0.15) is 12.0 Å². The summed E-state index contributed by atoms with van der Waals surface area (Å²) in [5.74, 6) is 0.459. The predicted octanol–water partition coefficient (Wildman–Crippen LogP) is 1.99. The van der Waals surface area contributed by atoms with Gasteiger partial charge in [-0.3, -0.25) is 0 Å². The van der Waals surface area contributed by atoms with Crippen LogP contribution < -0.4 is 11.1 Å². The van der Waals surface area contributed by atoms with Gasteiger partial charge in [-0.25, -0.2) is 9.97 Å². The number of aliphatic hydroxyl groups is 1. The number of anilines is 3. The molecule has 0 saturated carbocycles. The minimum absolute atomic E-state index is 0.0820. The first kappa shape index (κ1) is 12.6. The summed E-state index contributed by atoms with van der Waals surface area (Å²) < 4.78 is 0. The molecule has 0 atom stereocenters. The van der Waals surface area contributed by atoms with Gasteiger partial charge in [0.05, 0.1) is 0 Å². The molecule has 0 saturated heterocycles. The lowest BCUT2D eigenvalue weighted by Crippen LogP contribution is -2.03. The molecule has 0 spiro atoms. The molecule has 5 nitrogen and oxygen atoms in total. The fourth-order valence-electron chi connectivity index (χ4n) is 1.58. The maximum Gasteiger partial charge on any atom is 0.158 e. The fourth-order valence-corrected chi connectivity index (χ4v) is 1.72. The molecule has 94 valence electrons. The van der Waals surface area contributed by atoms with E-state index in [0.717, 1.165) is 11.3 Å². The van der Waals surface area contributed by atoms with E-state index < -0.39 is 0 Å². The molecule has 0 aliphatic heterocycles. The second kappa shape index (κ2) is 5.66. The van der Waals surface area contributed by atoms with Crippen molar-refractivity contribution in [1.29, 1.82) is 0 Å². The van der Waals surface area contributed by atoms with Crippen molar-refractivity contribution in [3.63, 3.8) is 0 Å². The molecule has 2 rings (SSSR count). The smallest absolute Gasteiger partial charge is 0.158 e. The molecule has 1 aromatic carbocycles. The Morgan fingerprint density at radius 3 is 2.83 bits per heavy atom. The zero-order valence-electron chi connectivity index (χ0n) is 9.60. The van der Waals surface area contributed by atoms with E-state index in [1.807, 2.05) is 24.3 Å². The molecule has 1 aromatic heterocycles. The summed E-state index contributed by atoms with van der Waals surface area (Å²) >= 11 is 5.82. The van der Waals surface area contributed by atoms with Crippen LogP contribution in [0, 0.1) is 0 Å².